The number of hydrogen-bond acceptors (Lipinski definition) is 4. The minimum atomic E-state index is 0.503. The maximum Gasteiger partial charge on any atom is 0.142 e. The number of hydrogen-bond donors (Lipinski definition) is 0. The number of aromatic nitrogens is 2. The van der Waals surface area contributed by atoms with Crippen molar-refractivity contribution in [3.63, 3.8) is 0 Å². The molecule has 2 aromatic heterocycles. The molecule has 4 rings (SSSR count). The van der Waals surface area contributed by atoms with Gasteiger partial charge < -0.3 is 4.74 Å². The number of nitrogens with zero attached hydrogens (tertiary/aromatic N) is 2. The Morgan fingerprint density at radius 3 is 2.76 bits per heavy atom. The highest BCUT2D eigenvalue weighted by Crippen LogP contribution is 2.43. The van der Waals surface area contributed by atoms with Gasteiger partial charge in [-0.2, -0.15) is 0 Å². The molecule has 0 unspecified atom stereocenters. The van der Waals surface area contributed by atoms with Crippen molar-refractivity contribution in [2.45, 2.75) is 18.8 Å². The summed E-state index contributed by atoms with van der Waals surface area (Å²) >= 11 is 8.05. The van der Waals surface area contributed by atoms with Crippen LogP contribution in [0.3, 0.4) is 0 Å². The summed E-state index contributed by atoms with van der Waals surface area (Å²) in [5, 5.41) is 3.55. The maximum atomic E-state index is 6.44. The van der Waals surface area contributed by atoms with Gasteiger partial charge in [-0.3, -0.25) is 0 Å². The van der Waals surface area contributed by atoms with Gasteiger partial charge in [0.2, 0.25) is 0 Å². The average Bonchev–Trinajstić information content (AvgIpc) is 3.27. The molecule has 1 aromatic carbocycles. The first kappa shape index (κ1) is 13.0. The summed E-state index contributed by atoms with van der Waals surface area (Å²) in [6, 6.07) is 7.94. The first-order chi connectivity index (χ1) is 10.3. The van der Waals surface area contributed by atoms with Crippen molar-refractivity contribution in [1.29, 1.82) is 0 Å². The fourth-order valence-corrected chi connectivity index (χ4v) is 3.78. The minimum absolute atomic E-state index is 0.503. The van der Waals surface area contributed by atoms with Gasteiger partial charge in [-0.1, -0.05) is 29.8 Å². The predicted molar refractivity (Wildman–Crippen MR) is 86.4 cm³/mol. The van der Waals surface area contributed by atoms with Gasteiger partial charge in [-0.15, -0.1) is 11.3 Å². The van der Waals surface area contributed by atoms with Crippen molar-refractivity contribution in [1.82, 2.24) is 9.97 Å². The standard InChI is InChI=1S/C16H13ClN2OS/c1-20-12-5-3-2-4-10(12)11-8-21-16-13(11)14(17)18-15(19-16)9-6-7-9/h2-5,8-9H,6-7H2,1H3. The van der Waals surface area contributed by atoms with Gasteiger partial charge in [0.1, 0.15) is 21.6 Å². The number of para-hydroxylation sites is 1. The highest BCUT2D eigenvalue weighted by atomic mass is 35.5. The van der Waals surface area contributed by atoms with Crippen molar-refractivity contribution in [3.05, 3.63) is 40.6 Å². The van der Waals surface area contributed by atoms with Gasteiger partial charge in [0.05, 0.1) is 12.5 Å². The number of rotatable bonds is 3. The Balaban J connectivity index is 1.93. The third kappa shape index (κ3) is 2.19. The maximum absolute atomic E-state index is 6.44. The normalized spacial score (nSPS) is 14.6. The molecule has 0 atom stereocenters. The topological polar surface area (TPSA) is 35.0 Å². The lowest BCUT2D eigenvalue weighted by Gasteiger charge is -2.08. The lowest BCUT2D eigenvalue weighted by Crippen LogP contribution is -1.93. The molecule has 1 aliphatic carbocycles. The molecular weight excluding hydrogens is 304 g/mol. The number of ether oxygens (including phenoxy) is 1. The molecule has 0 bridgehead atoms. The molecule has 0 radical (unpaired) electrons. The number of fused-ring (bicyclic) bond motifs is 1. The monoisotopic (exact) mass is 316 g/mol. The molecule has 0 N–H and O–H groups in total. The molecule has 0 aliphatic heterocycles. The van der Waals surface area contributed by atoms with Gasteiger partial charge >= 0.3 is 0 Å². The first-order valence-corrected chi connectivity index (χ1v) is 8.11. The van der Waals surface area contributed by atoms with Crippen LogP contribution < -0.4 is 4.74 Å². The smallest absolute Gasteiger partial charge is 0.142 e. The highest BCUT2D eigenvalue weighted by molar-refractivity contribution is 7.17. The molecule has 1 fully saturated rings. The Kier molecular flexibility index (Phi) is 3.08. The summed E-state index contributed by atoms with van der Waals surface area (Å²) in [6.07, 6.45) is 2.35. The fourth-order valence-electron chi connectivity index (χ4n) is 2.50. The van der Waals surface area contributed by atoms with Crippen LogP contribution in [0, 0.1) is 0 Å². The molecule has 2 heterocycles. The molecule has 1 aliphatic rings. The van der Waals surface area contributed by atoms with Crippen LogP contribution >= 0.6 is 22.9 Å². The van der Waals surface area contributed by atoms with Crippen LogP contribution in [-0.4, -0.2) is 17.1 Å². The average molecular weight is 317 g/mol. The predicted octanol–water partition coefficient (Wildman–Crippen LogP) is 4.90. The van der Waals surface area contributed by atoms with E-state index in [0.717, 1.165) is 32.9 Å². The van der Waals surface area contributed by atoms with Crippen LogP contribution in [0.2, 0.25) is 5.15 Å². The van der Waals surface area contributed by atoms with Gasteiger partial charge in [-0.05, 0) is 18.9 Å². The largest absolute Gasteiger partial charge is 0.496 e. The van der Waals surface area contributed by atoms with E-state index in [1.807, 2.05) is 24.3 Å². The molecule has 0 spiro atoms. The van der Waals surface area contributed by atoms with E-state index in [2.05, 4.69) is 15.3 Å². The van der Waals surface area contributed by atoms with Gasteiger partial charge in [0.25, 0.3) is 0 Å². The number of benzene rings is 1. The first-order valence-electron chi connectivity index (χ1n) is 6.86. The number of methoxy groups -OCH3 is 1. The number of halogens is 1. The van der Waals surface area contributed by atoms with E-state index < -0.39 is 0 Å². The van der Waals surface area contributed by atoms with Crippen molar-refractivity contribution >= 4 is 33.2 Å². The Morgan fingerprint density at radius 2 is 2.00 bits per heavy atom. The SMILES string of the molecule is COc1ccccc1-c1csc2nc(C3CC3)nc(Cl)c12. The second-order valence-electron chi connectivity index (χ2n) is 5.18. The lowest BCUT2D eigenvalue weighted by molar-refractivity contribution is 0.416. The summed E-state index contributed by atoms with van der Waals surface area (Å²) in [4.78, 5) is 10.1. The van der Waals surface area contributed by atoms with Crippen molar-refractivity contribution in [3.8, 4) is 16.9 Å². The van der Waals surface area contributed by atoms with Gasteiger partial charge in [-0.25, -0.2) is 9.97 Å². The molecule has 0 amide bonds. The summed E-state index contributed by atoms with van der Waals surface area (Å²) in [7, 11) is 1.68. The van der Waals surface area contributed by atoms with Crippen molar-refractivity contribution in [2.75, 3.05) is 7.11 Å². The van der Waals surface area contributed by atoms with E-state index in [-0.39, 0.29) is 0 Å². The van der Waals surface area contributed by atoms with Crippen LogP contribution in [0.25, 0.3) is 21.3 Å². The van der Waals surface area contributed by atoms with E-state index in [9.17, 15) is 0 Å². The molecule has 3 aromatic rings. The summed E-state index contributed by atoms with van der Waals surface area (Å²) in [5.74, 6) is 2.23. The number of thiophene rings is 1. The summed E-state index contributed by atoms with van der Waals surface area (Å²) < 4.78 is 5.45. The minimum Gasteiger partial charge on any atom is -0.496 e. The molecular formula is C16H13ClN2OS. The van der Waals surface area contributed by atoms with Crippen molar-refractivity contribution < 1.29 is 4.74 Å². The fraction of sp³-hybridized carbons (Fsp3) is 0.250. The van der Waals surface area contributed by atoms with E-state index in [1.165, 1.54) is 12.8 Å². The van der Waals surface area contributed by atoms with E-state index >= 15 is 0 Å². The second kappa shape index (κ2) is 4.97. The quantitative estimate of drug-likeness (QED) is 0.645. The Bertz CT molecular complexity index is 826. The zero-order chi connectivity index (χ0) is 14.4. The van der Waals surface area contributed by atoms with Crippen LogP contribution in [0.5, 0.6) is 5.75 Å². The summed E-state index contributed by atoms with van der Waals surface area (Å²) in [6.45, 7) is 0. The molecule has 21 heavy (non-hydrogen) atoms. The lowest BCUT2D eigenvalue weighted by atomic mass is 10.1. The molecule has 5 heteroatoms. The van der Waals surface area contributed by atoms with Crippen molar-refractivity contribution in [2.24, 2.45) is 0 Å². The van der Waals surface area contributed by atoms with Gasteiger partial charge in [0, 0.05) is 22.4 Å². The van der Waals surface area contributed by atoms with Crippen LogP contribution in [0.15, 0.2) is 29.6 Å². The Morgan fingerprint density at radius 1 is 1.19 bits per heavy atom. The molecule has 1 saturated carbocycles. The third-order valence-electron chi connectivity index (χ3n) is 3.75. The summed E-state index contributed by atoms with van der Waals surface area (Å²) in [5.41, 5.74) is 2.07. The zero-order valence-electron chi connectivity index (χ0n) is 11.5. The second-order valence-corrected chi connectivity index (χ2v) is 6.39. The molecule has 106 valence electrons. The van der Waals surface area contributed by atoms with Crippen LogP contribution in [0.1, 0.15) is 24.6 Å². The molecule has 0 saturated heterocycles. The van der Waals surface area contributed by atoms with Crippen LogP contribution in [-0.2, 0) is 0 Å². The Hall–Kier alpha value is -1.65. The zero-order valence-corrected chi connectivity index (χ0v) is 13.0. The van der Waals surface area contributed by atoms with E-state index in [0.29, 0.717) is 11.1 Å². The van der Waals surface area contributed by atoms with E-state index in [1.54, 1.807) is 18.4 Å². The van der Waals surface area contributed by atoms with Gasteiger partial charge in [0.15, 0.2) is 0 Å². The molecule has 3 nitrogen and oxygen atoms in total. The third-order valence-corrected chi connectivity index (χ3v) is 4.89. The highest BCUT2D eigenvalue weighted by Gasteiger charge is 2.28. The Labute approximate surface area is 131 Å². The van der Waals surface area contributed by atoms with E-state index in [4.69, 9.17) is 16.3 Å². The van der Waals surface area contributed by atoms with Crippen LogP contribution in [0.4, 0.5) is 0 Å².